The van der Waals surface area contributed by atoms with Gasteiger partial charge in [-0.1, -0.05) is 24.3 Å². The van der Waals surface area contributed by atoms with Gasteiger partial charge < -0.3 is 25.2 Å². The summed E-state index contributed by atoms with van der Waals surface area (Å²) in [5, 5.41) is 5.88. The van der Waals surface area contributed by atoms with Gasteiger partial charge in [0, 0.05) is 56.3 Å². The van der Waals surface area contributed by atoms with E-state index in [4.69, 9.17) is 4.74 Å². The third-order valence-electron chi connectivity index (χ3n) is 5.89. The van der Waals surface area contributed by atoms with Crippen LogP contribution in [0.2, 0.25) is 0 Å². The Morgan fingerprint density at radius 3 is 2.65 bits per heavy atom. The smallest absolute Gasteiger partial charge is 0.253 e. The van der Waals surface area contributed by atoms with Crippen LogP contribution in [-0.2, 0) is 16.1 Å². The maximum atomic E-state index is 12.8. The number of anilines is 2. The summed E-state index contributed by atoms with van der Waals surface area (Å²) in [5.41, 5.74) is 3.39. The third kappa shape index (κ3) is 5.42. The standard InChI is InChI=1S/C24H30N4O3/c1-27-11-13-28(14-12-27)21-9-3-2-6-19(21)17-25-23(29)18-7-4-8-20(16-18)26-24(30)22-10-5-15-31-22/h2-4,6-9,16,22H,5,10-15,17H2,1H3,(H,25,29)(H,26,30). The van der Waals surface area contributed by atoms with Crippen molar-refractivity contribution in [3.05, 3.63) is 59.7 Å². The van der Waals surface area contributed by atoms with Gasteiger partial charge >= 0.3 is 0 Å². The highest BCUT2D eigenvalue weighted by Crippen LogP contribution is 2.22. The van der Waals surface area contributed by atoms with Crippen molar-refractivity contribution in [2.75, 3.05) is 50.1 Å². The zero-order valence-electron chi connectivity index (χ0n) is 18.0. The zero-order chi connectivity index (χ0) is 21.6. The molecular formula is C24H30N4O3. The number of rotatable bonds is 6. The number of nitrogens with one attached hydrogen (secondary N) is 2. The molecule has 2 saturated heterocycles. The fourth-order valence-corrected chi connectivity index (χ4v) is 4.04. The maximum absolute atomic E-state index is 12.8. The quantitative estimate of drug-likeness (QED) is 0.748. The van der Waals surface area contributed by atoms with Gasteiger partial charge in [0.25, 0.3) is 11.8 Å². The van der Waals surface area contributed by atoms with Crippen molar-refractivity contribution in [1.82, 2.24) is 10.2 Å². The van der Waals surface area contributed by atoms with Crippen molar-refractivity contribution in [2.24, 2.45) is 0 Å². The lowest BCUT2D eigenvalue weighted by molar-refractivity contribution is -0.124. The highest BCUT2D eigenvalue weighted by atomic mass is 16.5. The third-order valence-corrected chi connectivity index (χ3v) is 5.89. The Morgan fingerprint density at radius 1 is 1.06 bits per heavy atom. The molecule has 2 fully saturated rings. The van der Waals surface area contributed by atoms with Crippen molar-refractivity contribution < 1.29 is 14.3 Å². The summed E-state index contributed by atoms with van der Waals surface area (Å²) in [6, 6.07) is 15.2. The van der Waals surface area contributed by atoms with Gasteiger partial charge in [-0.05, 0) is 49.7 Å². The molecule has 0 aromatic heterocycles. The minimum Gasteiger partial charge on any atom is -0.369 e. The molecule has 1 unspecified atom stereocenters. The van der Waals surface area contributed by atoms with E-state index in [1.165, 1.54) is 5.69 Å². The van der Waals surface area contributed by atoms with E-state index in [2.05, 4.69) is 39.6 Å². The number of piperazine rings is 1. The molecule has 0 radical (unpaired) electrons. The molecule has 1 atom stereocenters. The van der Waals surface area contributed by atoms with E-state index in [0.717, 1.165) is 44.6 Å². The topological polar surface area (TPSA) is 73.9 Å². The molecule has 0 spiro atoms. The second-order valence-corrected chi connectivity index (χ2v) is 8.17. The van der Waals surface area contributed by atoms with Crippen LogP contribution in [0.3, 0.4) is 0 Å². The van der Waals surface area contributed by atoms with Crippen molar-refractivity contribution in [1.29, 1.82) is 0 Å². The van der Waals surface area contributed by atoms with Crippen LogP contribution in [0, 0.1) is 0 Å². The Balaban J connectivity index is 1.38. The number of hydrogen-bond donors (Lipinski definition) is 2. The van der Waals surface area contributed by atoms with Gasteiger partial charge in [0.2, 0.25) is 0 Å². The van der Waals surface area contributed by atoms with E-state index in [1.54, 1.807) is 24.3 Å². The van der Waals surface area contributed by atoms with Gasteiger partial charge in [-0.3, -0.25) is 9.59 Å². The van der Waals surface area contributed by atoms with Gasteiger partial charge in [0.05, 0.1) is 0 Å². The van der Waals surface area contributed by atoms with Crippen molar-refractivity contribution in [3.63, 3.8) is 0 Å². The Bertz CT molecular complexity index is 919. The predicted molar refractivity (Wildman–Crippen MR) is 121 cm³/mol. The Kier molecular flexibility index (Phi) is 6.84. The van der Waals surface area contributed by atoms with Crippen LogP contribution in [0.4, 0.5) is 11.4 Å². The molecule has 0 aliphatic carbocycles. The molecule has 0 bridgehead atoms. The number of likely N-dealkylation sites (N-methyl/N-ethyl adjacent to an activating group) is 1. The lowest BCUT2D eigenvalue weighted by atomic mass is 10.1. The first kappa shape index (κ1) is 21.3. The molecule has 0 saturated carbocycles. The lowest BCUT2D eigenvalue weighted by Crippen LogP contribution is -2.45. The van der Waals surface area contributed by atoms with E-state index in [-0.39, 0.29) is 11.8 Å². The molecule has 2 amide bonds. The van der Waals surface area contributed by atoms with Crippen LogP contribution in [0.15, 0.2) is 48.5 Å². The number of para-hydroxylation sites is 1. The van der Waals surface area contributed by atoms with Gasteiger partial charge in [0.1, 0.15) is 6.10 Å². The van der Waals surface area contributed by atoms with Crippen LogP contribution < -0.4 is 15.5 Å². The average molecular weight is 423 g/mol. The Hall–Kier alpha value is -2.90. The van der Waals surface area contributed by atoms with Crippen molar-refractivity contribution in [2.45, 2.75) is 25.5 Å². The molecular weight excluding hydrogens is 392 g/mol. The molecule has 2 N–H and O–H groups in total. The van der Waals surface area contributed by atoms with Crippen LogP contribution >= 0.6 is 0 Å². The molecule has 2 aromatic carbocycles. The average Bonchev–Trinajstić information content (AvgIpc) is 3.34. The van der Waals surface area contributed by atoms with Crippen LogP contribution in [-0.4, -0.2) is 62.7 Å². The summed E-state index contributed by atoms with van der Waals surface area (Å²) in [6.07, 6.45) is 1.23. The SMILES string of the molecule is CN1CCN(c2ccccc2CNC(=O)c2cccc(NC(=O)C3CCCO3)c2)CC1. The summed E-state index contributed by atoms with van der Waals surface area (Å²) >= 11 is 0. The number of carbonyl (C=O) groups is 2. The van der Waals surface area contributed by atoms with E-state index in [0.29, 0.717) is 24.4 Å². The number of ether oxygens (including phenoxy) is 1. The first-order chi connectivity index (χ1) is 15.1. The Morgan fingerprint density at radius 2 is 1.87 bits per heavy atom. The molecule has 7 heteroatoms. The van der Waals surface area contributed by atoms with Crippen LogP contribution in [0.5, 0.6) is 0 Å². The van der Waals surface area contributed by atoms with Crippen LogP contribution in [0.25, 0.3) is 0 Å². The Labute approximate surface area is 183 Å². The van der Waals surface area contributed by atoms with Gasteiger partial charge in [-0.2, -0.15) is 0 Å². The van der Waals surface area contributed by atoms with E-state index >= 15 is 0 Å². The second-order valence-electron chi connectivity index (χ2n) is 8.17. The number of nitrogens with zero attached hydrogens (tertiary/aromatic N) is 2. The van der Waals surface area contributed by atoms with Gasteiger partial charge in [-0.25, -0.2) is 0 Å². The van der Waals surface area contributed by atoms with E-state index < -0.39 is 6.10 Å². The summed E-state index contributed by atoms with van der Waals surface area (Å²) in [5.74, 6) is -0.322. The molecule has 164 valence electrons. The first-order valence-corrected chi connectivity index (χ1v) is 10.9. The summed E-state index contributed by atoms with van der Waals surface area (Å²) in [7, 11) is 2.14. The molecule has 2 aliphatic heterocycles. The predicted octanol–water partition coefficient (Wildman–Crippen LogP) is 2.49. The number of amides is 2. The first-order valence-electron chi connectivity index (χ1n) is 10.9. The zero-order valence-corrected chi connectivity index (χ0v) is 18.0. The highest BCUT2D eigenvalue weighted by molar-refractivity contribution is 5.98. The summed E-state index contributed by atoms with van der Waals surface area (Å²) in [6.45, 7) is 5.10. The second kappa shape index (κ2) is 9.94. The minimum absolute atomic E-state index is 0.156. The monoisotopic (exact) mass is 422 g/mol. The lowest BCUT2D eigenvalue weighted by Gasteiger charge is -2.35. The number of carbonyl (C=O) groups excluding carboxylic acids is 2. The van der Waals surface area contributed by atoms with Crippen molar-refractivity contribution in [3.8, 4) is 0 Å². The highest BCUT2D eigenvalue weighted by Gasteiger charge is 2.23. The van der Waals surface area contributed by atoms with Crippen molar-refractivity contribution >= 4 is 23.2 Å². The molecule has 2 aromatic rings. The molecule has 2 aliphatic rings. The van der Waals surface area contributed by atoms with Gasteiger partial charge in [0.15, 0.2) is 0 Å². The molecule has 4 rings (SSSR count). The molecule has 31 heavy (non-hydrogen) atoms. The van der Waals surface area contributed by atoms with Crippen LogP contribution in [0.1, 0.15) is 28.8 Å². The normalized spacial score (nSPS) is 19.3. The summed E-state index contributed by atoms with van der Waals surface area (Å²) < 4.78 is 5.42. The fraction of sp³-hybridized carbons (Fsp3) is 0.417. The molecule has 2 heterocycles. The molecule has 7 nitrogen and oxygen atoms in total. The number of benzene rings is 2. The largest absolute Gasteiger partial charge is 0.369 e. The van der Waals surface area contributed by atoms with Gasteiger partial charge in [-0.15, -0.1) is 0 Å². The maximum Gasteiger partial charge on any atom is 0.253 e. The minimum atomic E-state index is -0.399. The summed E-state index contributed by atoms with van der Waals surface area (Å²) in [4.78, 5) is 29.7. The number of hydrogen-bond acceptors (Lipinski definition) is 5. The fourth-order valence-electron chi connectivity index (χ4n) is 4.04. The van der Waals surface area contributed by atoms with E-state index in [9.17, 15) is 9.59 Å². The van der Waals surface area contributed by atoms with E-state index in [1.807, 2.05) is 12.1 Å².